The Morgan fingerprint density at radius 1 is 1.38 bits per heavy atom. The highest BCUT2D eigenvalue weighted by atomic mass is 15.1. The van der Waals surface area contributed by atoms with Crippen LogP contribution >= 0.6 is 0 Å². The molecule has 0 radical (unpaired) electrons. The minimum Gasteiger partial charge on any atom is -0.330 e. The summed E-state index contributed by atoms with van der Waals surface area (Å²) in [5.41, 5.74) is 6.71. The largest absolute Gasteiger partial charge is 0.330 e. The SMILES string of the molecule is CN1CCC(CN)(CC(C)(C)C)C1. The third-order valence-corrected chi connectivity index (χ3v) is 2.97. The van der Waals surface area contributed by atoms with E-state index in [9.17, 15) is 0 Å². The highest BCUT2D eigenvalue weighted by molar-refractivity contribution is 4.92. The molecule has 0 bridgehead atoms. The van der Waals surface area contributed by atoms with Gasteiger partial charge in [0.2, 0.25) is 0 Å². The van der Waals surface area contributed by atoms with Crippen molar-refractivity contribution in [2.75, 3.05) is 26.7 Å². The van der Waals surface area contributed by atoms with Crippen LogP contribution in [0.5, 0.6) is 0 Å². The van der Waals surface area contributed by atoms with Gasteiger partial charge in [-0.3, -0.25) is 0 Å². The molecule has 2 nitrogen and oxygen atoms in total. The topological polar surface area (TPSA) is 29.3 Å². The van der Waals surface area contributed by atoms with Crippen LogP contribution in [0.15, 0.2) is 0 Å². The molecule has 78 valence electrons. The average Bonchev–Trinajstić information content (AvgIpc) is 2.29. The lowest BCUT2D eigenvalue weighted by Gasteiger charge is -2.34. The molecule has 2 N–H and O–H groups in total. The molecule has 1 unspecified atom stereocenters. The second kappa shape index (κ2) is 3.58. The van der Waals surface area contributed by atoms with Gasteiger partial charge in [0.15, 0.2) is 0 Å². The smallest absolute Gasteiger partial charge is 0.00477 e. The lowest BCUT2D eigenvalue weighted by Crippen LogP contribution is -2.36. The van der Waals surface area contributed by atoms with Crippen LogP contribution in [-0.2, 0) is 0 Å². The highest BCUT2D eigenvalue weighted by Crippen LogP contribution is 2.39. The van der Waals surface area contributed by atoms with E-state index in [1.54, 1.807) is 0 Å². The van der Waals surface area contributed by atoms with E-state index in [1.165, 1.54) is 25.9 Å². The van der Waals surface area contributed by atoms with E-state index in [2.05, 4.69) is 32.7 Å². The van der Waals surface area contributed by atoms with Crippen molar-refractivity contribution in [1.82, 2.24) is 4.90 Å². The maximum Gasteiger partial charge on any atom is 0.00477 e. The fourth-order valence-electron chi connectivity index (χ4n) is 2.67. The van der Waals surface area contributed by atoms with Crippen LogP contribution in [0.4, 0.5) is 0 Å². The van der Waals surface area contributed by atoms with Crippen LogP contribution < -0.4 is 5.73 Å². The first-order valence-electron chi connectivity index (χ1n) is 5.26. The Balaban J connectivity index is 2.61. The van der Waals surface area contributed by atoms with Gasteiger partial charge in [0.25, 0.3) is 0 Å². The van der Waals surface area contributed by atoms with Crippen LogP contribution in [0.1, 0.15) is 33.6 Å². The van der Waals surface area contributed by atoms with Gasteiger partial charge in [-0.1, -0.05) is 20.8 Å². The number of rotatable bonds is 2. The van der Waals surface area contributed by atoms with Crippen molar-refractivity contribution < 1.29 is 0 Å². The number of likely N-dealkylation sites (tertiary alicyclic amines) is 1. The van der Waals surface area contributed by atoms with Crippen molar-refractivity contribution in [3.05, 3.63) is 0 Å². The minimum absolute atomic E-state index is 0.396. The molecule has 0 aromatic rings. The second-order valence-corrected chi connectivity index (χ2v) is 5.93. The molecule has 0 amide bonds. The standard InChI is InChI=1S/C11H24N2/c1-10(2,3)7-11(8-12)5-6-13(4)9-11/h5-9,12H2,1-4H3. The summed E-state index contributed by atoms with van der Waals surface area (Å²) >= 11 is 0. The van der Waals surface area contributed by atoms with Gasteiger partial charge in [-0.25, -0.2) is 0 Å². The van der Waals surface area contributed by atoms with E-state index in [0.29, 0.717) is 10.8 Å². The van der Waals surface area contributed by atoms with Gasteiger partial charge in [-0.05, 0) is 43.8 Å². The number of hydrogen-bond donors (Lipinski definition) is 1. The van der Waals surface area contributed by atoms with Crippen LogP contribution in [0.3, 0.4) is 0 Å². The first kappa shape index (κ1) is 11.0. The van der Waals surface area contributed by atoms with Crippen LogP contribution in [0.2, 0.25) is 0 Å². The van der Waals surface area contributed by atoms with Gasteiger partial charge in [0.1, 0.15) is 0 Å². The van der Waals surface area contributed by atoms with Crippen molar-refractivity contribution >= 4 is 0 Å². The van der Waals surface area contributed by atoms with E-state index in [0.717, 1.165) is 6.54 Å². The van der Waals surface area contributed by atoms with Gasteiger partial charge >= 0.3 is 0 Å². The summed E-state index contributed by atoms with van der Waals surface area (Å²) < 4.78 is 0. The maximum absolute atomic E-state index is 5.91. The fourth-order valence-corrected chi connectivity index (χ4v) is 2.67. The van der Waals surface area contributed by atoms with Gasteiger partial charge in [-0.2, -0.15) is 0 Å². The van der Waals surface area contributed by atoms with E-state index < -0.39 is 0 Å². The second-order valence-electron chi connectivity index (χ2n) is 5.93. The lowest BCUT2D eigenvalue weighted by molar-refractivity contribution is 0.183. The normalized spacial score (nSPS) is 31.2. The Bertz CT molecular complexity index is 171. The van der Waals surface area contributed by atoms with Crippen LogP contribution in [0, 0.1) is 10.8 Å². The third-order valence-electron chi connectivity index (χ3n) is 2.97. The molecule has 2 heteroatoms. The van der Waals surface area contributed by atoms with Crippen molar-refractivity contribution in [2.24, 2.45) is 16.6 Å². The molecule has 1 aliphatic heterocycles. The summed E-state index contributed by atoms with van der Waals surface area (Å²) in [4.78, 5) is 2.40. The number of hydrogen-bond acceptors (Lipinski definition) is 2. The van der Waals surface area contributed by atoms with E-state index >= 15 is 0 Å². The molecular weight excluding hydrogens is 160 g/mol. The van der Waals surface area contributed by atoms with Crippen molar-refractivity contribution in [3.63, 3.8) is 0 Å². The fraction of sp³-hybridized carbons (Fsp3) is 1.00. The summed E-state index contributed by atoms with van der Waals surface area (Å²) in [6.45, 7) is 10.2. The molecule has 13 heavy (non-hydrogen) atoms. The van der Waals surface area contributed by atoms with Crippen molar-refractivity contribution in [1.29, 1.82) is 0 Å². The Morgan fingerprint density at radius 3 is 2.31 bits per heavy atom. The average molecular weight is 184 g/mol. The monoisotopic (exact) mass is 184 g/mol. The zero-order chi connectivity index (χ0) is 10.1. The van der Waals surface area contributed by atoms with Gasteiger partial charge in [-0.15, -0.1) is 0 Å². The maximum atomic E-state index is 5.91. The first-order chi connectivity index (χ1) is 5.87. The molecule has 1 saturated heterocycles. The van der Waals surface area contributed by atoms with Crippen LogP contribution in [0.25, 0.3) is 0 Å². The van der Waals surface area contributed by atoms with Gasteiger partial charge < -0.3 is 10.6 Å². The van der Waals surface area contributed by atoms with E-state index in [1.807, 2.05) is 0 Å². The summed E-state index contributed by atoms with van der Waals surface area (Å²) in [7, 11) is 2.19. The van der Waals surface area contributed by atoms with Crippen LogP contribution in [-0.4, -0.2) is 31.6 Å². The predicted molar refractivity (Wildman–Crippen MR) is 57.7 cm³/mol. The third kappa shape index (κ3) is 2.96. The van der Waals surface area contributed by atoms with E-state index in [-0.39, 0.29) is 0 Å². The Morgan fingerprint density at radius 2 is 2.00 bits per heavy atom. The molecule has 0 spiro atoms. The molecule has 0 saturated carbocycles. The lowest BCUT2D eigenvalue weighted by atomic mass is 9.73. The Kier molecular flexibility index (Phi) is 3.03. The summed E-state index contributed by atoms with van der Waals surface area (Å²) in [6, 6.07) is 0. The predicted octanol–water partition coefficient (Wildman–Crippen LogP) is 1.70. The van der Waals surface area contributed by atoms with Crippen molar-refractivity contribution in [3.8, 4) is 0 Å². The summed E-state index contributed by atoms with van der Waals surface area (Å²) in [5.74, 6) is 0. The molecule has 1 aliphatic rings. The van der Waals surface area contributed by atoms with E-state index in [4.69, 9.17) is 5.73 Å². The van der Waals surface area contributed by atoms with Crippen molar-refractivity contribution in [2.45, 2.75) is 33.6 Å². The molecule has 1 rings (SSSR count). The molecule has 0 aromatic heterocycles. The minimum atomic E-state index is 0.396. The zero-order valence-electron chi connectivity index (χ0n) is 9.56. The number of nitrogens with zero attached hydrogens (tertiary/aromatic N) is 1. The summed E-state index contributed by atoms with van der Waals surface area (Å²) in [5, 5.41) is 0. The quantitative estimate of drug-likeness (QED) is 0.708. The highest BCUT2D eigenvalue weighted by Gasteiger charge is 2.38. The molecule has 0 aliphatic carbocycles. The first-order valence-corrected chi connectivity index (χ1v) is 5.26. The molecule has 1 heterocycles. The van der Waals surface area contributed by atoms with Gasteiger partial charge in [0.05, 0.1) is 0 Å². The molecule has 0 aromatic carbocycles. The zero-order valence-corrected chi connectivity index (χ0v) is 9.56. The molecule has 1 atom stereocenters. The Labute approximate surface area is 82.5 Å². The molecule has 1 fully saturated rings. The molecular formula is C11H24N2. The summed E-state index contributed by atoms with van der Waals surface area (Å²) in [6.07, 6.45) is 2.53. The number of nitrogens with two attached hydrogens (primary N) is 1. The van der Waals surface area contributed by atoms with Gasteiger partial charge in [0, 0.05) is 6.54 Å². The Hall–Kier alpha value is -0.0800.